The van der Waals surface area contributed by atoms with Crippen LogP contribution in [0.5, 0.6) is 0 Å². The minimum Gasteiger partial charge on any atom is -0.481 e. The molecule has 0 aliphatic carbocycles. The van der Waals surface area contributed by atoms with Crippen molar-refractivity contribution in [2.24, 2.45) is 5.92 Å². The quantitative estimate of drug-likeness (QED) is 0.643. The molecular formula is C10H18N2O4. The third-order valence-electron chi connectivity index (χ3n) is 2.49. The molecule has 0 spiro atoms. The Bertz CT molecular complexity index is 251. The van der Waals surface area contributed by atoms with Gasteiger partial charge in [-0.2, -0.15) is 0 Å². The second-order valence-corrected chi connectivity index (χ2v) is 4.01. The molecule has 1 aliphatic heterocycles. The third-order valence-corrected chi connectivity index (χ3v) is 2.49. The Morgan fingerprint density at radius 2 is 2.31 bits per heavy atom. The molecule has 1 aliphatic rings. The molecule has 16 heavy (non-hydrogen) atoms. The van der Waals surface area contributed by atoms with E-state index in [1.807, 2.05) is 0 Å². The Morgan fingerprint density at radius 1 is 1.56 bits per heavy atom. The number of carbonyl (C=O) groups excluding carboxylic acids is 1. The Hall–Kier alpha value is -1.30. The van der Waals surface area contributed by atoms with Gasteiger partial charge in [-0.25, -0.2) is 4.79 Å². The Kier molecular flexibility index (Phi) is 5.04. The maximum Gasteiger partial charge on any atom is 0.315 e. The summed E-state index contributed by atoms with van der Waals surface area (Å²) < 4.78 is 5.21. The lowest BCUT2D eigenvalue weighted by Gasteiger charge is -2.23. The van der Waals surface area contributed by atoms with E-state index in [0.717, 1.165) is 19.4 Å². The Labute approximate surface area is 94.3 Å². The summed E-state index contributed by atoms with van der Waals surface area (Å²) in [6, 6.07) is -0.294. The van der Waals surface area contributed by atoms with Crippen LogP contribution in [0.25, 0.3) is 0 Å². The molecule has 92 valence electrons. The number of amides is 2. The van der Waals surface area contributed by atoms with E-state index < -0.39 is 11.9 Å². The minimum absolute atomic E-state index is 0.0360. The molecule has 0 aromatic carbocycles. The summed E-state index contributed by atoms with van der Waals surface area (Å²) in [5, 5.41) is 13.9. The van der Waals surface area contributed by atoms with Gasteiger partial charge in [-0.1, -0.05) is 6.92 Å². The molecular weight excluding hydrogens is 212 g/mol. The molecule has 6 heteroatoms. The molecule has 3 N–H and O–H groups in total. The van der Waals surface area contributed by atoms with Crippen molar-refractivity contribution in [1.29, 1.82) is 0 Å². The van der Waals surface area contributed by atoms with E-state index in [4.69, 9.17) is 9.84 Å². The van der Waals surface area contributed by atoms with Crippen LogP contribution >= 0.6 is 0 Å². The first-order valence-electron chi connectivity index (χ1n) is 5.44. The first-order chi connectivity index (χ1) is 7.59. The smallest absolute Gasteiger partial charge is 0.315 e. The first kappa shape index (κ1) is 12.8. The van der Waals surface area contributed by atoms with Crippen LogP contribution in [-0.4, -0.2) is 42.9 Å². The number of hydrogen-bond donors (Lipinski definition) is 3. The van der Waals surface area contributed by atoms with Crippen LogP contribution in [0.15, 0.2) is 0 Å². The van der Waals surface area contributed by atoms with Gasteiger partial charge in [0, 0.05) is 13.2 Å². The fourth-order valence-electron chi connectivity index (χ4n) is 1.42. The zero-order valence-corrected chi connectivity index (χ0v) is 9.36. The van der Waals surface area contributed by atoms with Gasteiger partial charge in [0.25, 0.3) is 0 Å². The van der Waals surface area contributed by atoms with Gasteiger partial charge in [-0.05, 0) is 12.8 Å². The van der Waals surface area contributed by atoms with Crippen molar-refractivity contribution in [3.05, 3.63) is 0 Å². The van der Waals surface area contributed by atoms with Gasteiger partial charge < -0.3 is 20.5 Å². The lowest BCUT2D eigenvalue weighted by atomic mass is 10.1. The Balaban J connectivity index is 2.17. The maximum absolute atomic E-state index is 11.4. The van der Waals surface area contributed by atoms with Gasteiger partial charge in [0.05, 0.1) is 18.6 Å². The highest BCUT2D eigenvalue weighted by molar-refractivity contribution is 5.75. The van der Waals surface area contributed by atoms with Gasteiger partial charge in [0.2, 0.25) is 0 Å². The van der Waals surface area contributed by atoms with E-state index >= 15 is 0 Å². The van der Waals surface area contributed by atoms with E-state index in [2.05, 4.69) is 10.6 Å². The zero-order valence-electron chi connectivity index (χ0n) is 9.36. The normalized spacial score (nSPS) is 22.2. The average Bonchev–Trinajstić information content (AvgIpc) is 2.27. The number of hydrogen-bond acceptors (Lipinski definition) is 3. The van der Waals surface area contributed by atoms with Crippen molar-refractivity contribution in [2.75, 3.05) is 19.8 Å². The summed E-state index contributed by atoms with van der Waals surface area (Å²) in [4.78, 5) is 21.9. The minimum atomic E-state index is -0.915. The van der Waals surface area contributed by atoms with Gasteiger partial charge in [-0.3, -0.25) is 4.79 Å². The molecule has 2 atom stereocenters. The van der Waals surface area contributed by atoms with Crippen LogP contribution in [0.1, 0.15) is 19.8 Å². The number of carbonyl (C=O) groups is 2. The molecule has 1 saturated heterocycles. The van der Waals surface area contributed by atoms with Crippen LogP contribution in [0, 0.1) is 5.92 Å². The number of aliphatic carboxylic acids is 1. The highest BCUT2D eigenvalue weighted by Crippen LogP contribution is 2.05. The van der Waals surface area contributed by atoms with Crippen LogP contribution in [0.3, 0.4) is 0 Å². The molecule has 0 aromatic rings. The second-order valence-electron chi connectivity index (χ2n) is 4.01. The van der Waals surface area contributed by atoms with Crippen molar-refractivity contribution in [2.45, 2.75) is 25.8 Å². The van der Waals surface area contributed by atoms with E-state index in [9.17, 15) is 9.59 Å². The van der Waals surface area contributed by atoms with Gasteiger partial charge in [0.15, 0.2) is 0 Å². The molecule has 0 bridgehead atoms. The molecule has 2 unspecified atom stereocenters. The van der Waals surface area contributed by atoms with Crippen molar-refractivity contribution in [3.63, 3.8) is 0 Å². The van der Waals surface area contributed by atoms with Gasteiger partial charge >= 0.3 is 12.0 Å². The predicted molar refractivity (Wildman–Crippen MR) is 57.2 cm³/mol. The van der Waals surface area contributed by atoms with Crippen molar-refractivity contribution in [1.82, 2.24) is 10.6 Å². The molecule has 1 heterocycles. The van der Waals surface area contributed by atoms with Gasteiger partial charge in [0.1, 0.15) is 0 Å². The molecule has 0 saturated carbocycles. The second kappa shape index (κ2) is 6.32. The monoisotopic (exact) mass is 230 g/mol. The van der Waals surface area contributed by atoms with Crippen molar-refractivity contribution < 1.29 is 19.4 Å². The van der Waals surface area contributed by atoms with Crippen LogP contribution in [0.4, 0.5) is 4.79 Å². The van der Waals surface area contributed by atoms with Crippen LogP contribution in [-0.2, 0) is 9.53 Å². The largest absolute Gasteiger partial charge is 0.481 e. The standard InChI is InChI=1S/C10H18N2O4/c1-7(9(13)14)5-11-10(15)12-8-3-2-4-16-6-8/h7-8H,2-6H2,1H3,(H,13,14)(H2,11,12,15). The lowest BCUT2D eigenvalue weighted by Crippen LogP contribution is -2.47. The number of carboxylic acids is 1. The van der Waals surface area contributed by atoms with Crippen molar-refractivity contribution in [3.8, 4) is 0 Å². The summed E-state index contributed by atoms with van der Waals surface area (Å²) in [5.74, 6) is -1.49. The Morgan fingerprint density at radius 3 is 2.88 bits per heavy atom. The number of rotatable bonds is 4. The van der Waals surface area contributed by atoms with Crippen LogP contribution in [0.2, 0.25) is 0 Å². The van der Waals surface area contributed by atoms with E-state index in [1.165, 1.54) is 0 Å². The highest BCUT2D eigenvalue weighted by atomic mass is 16.5. The summed E-state index contributed by atoms with van der Waals surface area (Å²) >= 11 is 0. The van der Waals surface area contributed by atoms with Crippen LogP contribution < -0.4 is 10.6 Å². The summed E-state index contributed by atoms with van der Waals surface area (Å²) in [7, 11) is 0. The molecule has 1 rings (SSSR count). The van der Waals surface area contributed by atoms with Crippen molar-refractivity contribution >= 4 is 12.0 Å². The number of carboxylic acid groups (broad SMARTS) is 1. The summed E-state index contributed by atoms with van der Waals surface area (Å²) in [6.07, 6.45) is 1.85. The molecule has 0 aromatic heterocycles. The molecule has 6 nitrogen and oxygen atoms in total. The topological polar surface area (TPSA) is 87.7 Å². The molecule has 1 fully saturated rings. The van der Waals surface area contributed by atoms with E-state index in [-0.39, 0.29) is 18.6 Å². The number of ether oxygens (including phenoxy) is 1. The van der Waals surface area contributed by atoms with E-state index in [0.29, 0.717) is 6.61 Å². The molecule has 2 amide bonds. The zero-order chi connectivity index (χ0) is 12.0. The summed E-state index contributed by atoms with van der Waals surface area (Å²) in [6.45, 7) is 2.96. The van der Waals surface area contributed by atoms with E-state index in [1.54, 1.807) is 6.92 Å². The lowest BCUT2D eigenvalue weighted by molar-refractivity contribution is -0.140. The maximum atomic E-state index is 11.4. The predicted octanol–water partition coefficient (Wildman–Crippen LogP) is 0.185. The average molecular weight is 230 g/mol. The number of nitrogens with one attached hydrogen (secondary N) is 2. The molecule has 0 radical (unpaired) electrons. The SMILES string of the molecule is CC(CNC(=O)NC1CCCOC1)C(=O)O. The fourth-order valence-corrected chi connectivity index (χ4v) is 1.42. The highest BCUT2D eigenvalue weighted by Gasteiger charge is 2.17. The third kappa shape index (κ3) is 4.48. The fraction of sp³-hybridized carbons (Fsp3) is 0.800. The number of urea groups is 1. The first-order valence-corrected chi connectivity index (χ1v) is 5.44. The van der Waals surface area contributed by atoms with Gasteiger partial charge in [-0.15, -0.1) is 0 Å². The summed E-state index contributed by atoms with van der Waals surface area (Å²) in [5.41, 5.74) is 0.